The minimum atomic E-state index is -0.526. The summed E-state index contributed by atoms with van der Waals surface area (Å²) in [5.41, 5.74) is 0.249. The molecule has 0 atom stereocenters. The summed E-state index contributed by atoms with van der Waals surface area (Å²) in [5.74, 6) is 0.456. The Kier molecular flexibility index (Phi) is 3.46. The maximum absolute atomic E-state index is 11.6. The third-order valence-corrected chi connectivity index (χ3v) is 2.88. The van der Waals surface area contributed by atoms with Gasteiger partial charge in [-0.25, -0.2) is 4.79 Å². The van der Waals surface area contributed by atoms with Crippen molar-refractivity contribution in [2.24, 2.45) is 0 Å². The summed E-state index contributed by atoms with van der Waals surface area (Å²) in [7, 11) is 4.31. The number of carbonyl (C=O) groups is 1. The van der Waals surface area contributed by atoms with Crippen molar-refractivity contribution in [3.05, 3.63) is 29.8 Å². The van der Waals surface area contributed by atoms with Crippen LogP contribution in [0.2, 0.25) is 0 Å². The fraction of sp³-hybridized carbons (Fsp3) is 0.214. The molecule has 100 valence electrons. The molecule has 19 heavy (non-hydrogen) atoms. The average molecular weight is 262 g/mol. The molecule has 2 aromatic carbocycles. The molecule has 0 heterocycles. The molecule has 0 fully saturated rings. The predicted octanol–water partition coefficient (Wildman–Crippen LogP) is 2.35. The number of hydrogen-bond acceptors (Lipinski definition) is 5. The van der Waals surface area contributed by atoms with E-state index in [0.29, 0.717) is 22.3 Å². The van der Waals surface area contributed by atoms with Crippen LogP contribution in [0.25, 0.3) is 10.8 Å². The first kappa shape index (κ1) is 13.0. The summed E-state index contributed by atoms with van der Waals surface area (Å²) in [5, 5.41) is 11.2. The van der Waals surface area contributed by atoms with Crippen LogP contribution in [0.15, 0.2) is 24.3 Å². The van der Waals surface area contributed by atoms with E-state index >= 15 is 0 Å². The molecule has 0 radical (unpaired) electrons. The SMILES string of the molecule is COC(=O)c1cc(O)c2c(OC)ccc(OC)c2c1. The van der Waals surface area contributed by atoms with Gasteiger partial charge in [-0.1, -0.05) is 0 Å². The Labute approximate surface area is 110 Å². The fourth-order valence-electron chi connectivity index (χ4n) is 1.99. The predicted molar refractivity (Wildman–Crippen MR) is 70.1 cm³/mol. The van der Waals surface area contributed by atoms with E-state index in [1.807, 2.05) is 0 Å². The van der Waals surface area contributed by atoms with Crippen molar-refractivity contribution in [3.63, 3.8) is 0 Å². The zero-order chi connectivity index (χ0) is 14.0. The smallest absolute Gasteiger partial charge is 0.338 e. The normalized spacial score (nSPS) is 10.3. The summed E-state index contributed by atoms with van der Waals surface area (Å²) in [6, 6.07) is 6.35. The van der Waals surface area contributed by atoms with Crippen LogP contribution < -0.4 is 9.47 Å². The van der Waals surface area contributed by atoms with Gasteiger partial charge in [0, 0.05) is 5.39 Å². The van der Waals surface area contributed by atoms with Crippen LogP contribution in [-0.4, -0.2) is 32.4 Å². The van der Waals surface area contributed by atoms with E-state index < -0.39 is 5.97 Å². The minimum absolute atomic E-state index is 0.0614. The Morgan fingerprint density at radius 3 is 2.26 bits per heavy atom. The first-order valence-corrected chi connectivity index (χ1v) is 5.58. The molecule has 0 spiro atoms. The molecule has 0 saturated heterocycles. The molecular formula is C14H14O5. The highest BCUT2D eigenvalue weighted by Gasteiger charge is 2.16. The van der Waals surface area contributed by atoms with E-state index in [9.17, 15) is 9.90 Å². The number of carbonyl (C=O) groups excluding carboxylic acids is 1. The van der Waals surface area contributed by atoms with E-state index in [0.717, 1.165) is 0 Å². The van der Waals surface area contributed by atoms with E-state index in [4.69, 9.17) is 9.47 Å². The second kappa shape index (κ2) is 5.06. The highest BCUT2D eigenvalue weighted by molar-refractivity contribution is 6.03. The molecule has 0 aliphatic heterocycles. The van der Waals surface area contributed by atoms with Crippen molar-refractivity contribution in [2.45, 2.75) is 0 Å². The van der Waals surface area contributed by atoms with Gasteiger partial charge in [-0.3, -0.25) is 0 Å². The van der Waals surface area contributed by atoms with Crippen LogP contribution in [0.3, 0.4) is 0 Å². The lowest BCUT2D eigenvalue weighted by Crippen LogP contribution is -2.01. The largest absolute Gasteiger partial charge is 0.507 e. The second-order valence-corrected chi connectivity index (χ2v) is 3.88. The number of aromatic hydroxyl groups is 1. The van der Waals surface area contributed by atoms with Crippen LogP contribution in [0.1, 0.15) is 10.4 Å². The van der Waals surface area contributed by atoms with E-state index in [-0.39, 0.29) is 11.3 Å². The lowest BCUT2D eigenvalue weighted by molar-refractivity contribution is 0.0600. The summed E-state index contributed by atoms with van der Waals surface area (Å²) >= 11 is 0. The molecule has 0 aliphatic carbocycles. The average Bonchev–Trinajstić information content (AvgIpc) is 2.44. The summed E-state index contributed by atoms with van der Waals surface area (Å²) < 4.78 is 15.1. The monoisotopic (exact) mass is 262 g/mol. The van der Waals surface area contributed by atoms with Crippen LogP contribution in [0, 0.1) is 0 Å². The zero-order valence-corrected chi connectivity index (χ0v) is 10.9. The third-order valence-electron chi connectivity index (χ3n) is 2.88. The van der Waals surface area contributed by atoms with Crippen LogP contribution in [-0.2, 0) is 4.74 Å². The number of phenolic OH excluding ortho intramolecular Hbond substituents is 1. The highest BCUT2D eigenvalue weighted by atomic mass is 16.5. The molecule has 1 N–H and O–H groups in total. The van der Waals surface area contributed by atoms with Crippen LogP contribution in [0.5, 0.6) is 17.2 Å². The summed E-state index contributed by atoms with van der Waals surface area (Å²) in [6.45, 7) is 0. The number of methoxy groups -OCH3 is 3. The van der Waals surface area contributed by atoms with Crippen molar-refractivity contribution >= 4 is 16.7 Å². The number of benzene rings is 2. The van der Waals surface area contributed by atoms with Crippen molar-refractivity contribution in [2.75, 3.05) is 21.3 Å². The first-order chi connectivity index (χ1) is 9.12. The van der Waals surface area contributed by atoms with Gasteiger partial charge in [0.2, 0.25) is 0 Å². The molecule has 0 bridgehead atoms. The van der Waals surface area contributed by atoms with Gasteiger partial charge in [-0.2, -0.15) is 0 Å². The topological polar surface area (TPSA) is 65.0 Å². The number of ether oxygens (including phenoxy) is 3. The van der Waals surface area contributed by atoms with Crippen molar-refractivity contribution in [1.29, 1.82) is 0 Å². The van der Waals surface area contributed by atoms with Gasteiger partial charge in [0.05, 0.1) is 32.3 Å². The molecule has 0 aliphatic rings. The van der Waals surface area contributed by atoms with Gasteiger partial charge in [0.1, 0.15) is 17.2 Å². The molecule has 5 nitrogen and oxygen atoms in total. The van der Waals surface area contributed by atoms with E-state index in [1.54, 1.807) is 18.2 Å². The molecule has 0 amide bonds. The van der Waals surface area contributed by atoms with Crippen molar-refractivity contribution in [1.82, 2.24) is 0 Å². The molecule has 0 aromatic heterocycles. The quantitative estimate of drug-likeness (QED) is 0.860. The summed E-state index contributed by atoms with van der Waals surface area (Å²) in [6.07, 6.45) is 0. The van der Waals surface area contributed by atoms with Gasteiger partial charge in [0.15, 0.2) is 0 Å². The molecule has 0 saturated carbocycles. The lowest BCUT2D eigenvalue weighted by Gasteiger charge is -2.12. The Morgan fingerprint density at radius 2 is 1.68 bits per heavy atom. The Bertz CT molecular complexity index is 633. The fourth-order valence-corrected chi connectivity index (χ4v) is 1.99. The molecule has 5 heteroatoms. The van der Waals surface area contributed by atoms with Gasteiger partial charge in [-0.05, 0) is 24.3 Å². The Hall–Kier alpha value is -2.43. The number of esters is 1. The number of rotatable bonds is 3. The van der Waals surface area contributed by atoms with Gasteiger partial charge < -0.3 is 19.3 Å². The zero-order valence-electron chi connectivity index (χ0n) is 10.9. The number of fused-ring (bicyclic) bond motifs is 1. The van der Waals surface area contributed by atoms with Gasteiger partial charge >= 0.3 is 5.97 Å². The number of phenols is 1. The summed E-state index contributed by atoms with van der Waals surface area (Å²) in [4.78, 5) is 11.6. The Morgan fingerprint density at radius 1 is 1.05 bits per heavy atom. The Balaban J connectivity index is 2.81. The first-order valence-electron chi connectivity index (χ1n) is 5.58. The van der Waals surface area contributed by atoms with Crippen LogP contribution in [0.4, 0.5) is 0 Å². The highest BCUT2D eigenvalue weighted by Crippen LogP contribution is 2.39. The molecule has 2 rings (SSSR count). The van der Waals surface area contributed by atoms with Crippen LogP contribution >= 0.6 is 0 Å². The molecular weight excluding hydrogens is 248 g/mol. The molecule has 2 aromatic rings. The maximum Gasteiger partial charge on any atom is 0.338 e. The third kappa shape index (κ3) is 2.14. The standard InChI is InChI=1S/C14H14O5/c1-17-11-4-5-12(18-2)13-9(11)6-8(7-10(13)15)14(16)19-3/h4-7,15H,1-3H3. The second-order valence-electron chi connectivity index (χ2n) is 3.88. The van der Waals surface area contributed by atoms with Crippen molar-refractivity contribution < 1.29 is 24.1 Å². The lowest BCUT2D eigenvalue weighted by atomic mass is 10.0. The number of hydrogen-bond donors (Lipinski definition) is 1. The maximum atomic E-state index is 11.6. The van der Waals surface area contributed by atoms with E-state index in [2.05, 4.69) is 4.74 Å². The van der Waals surface area contributed by atoms with Gasteiger partial charge in [-0.15, -0.1) is 0 Å². The molecule has 0 unspecified atom stereocenters. The van der Waals surface area contributed by atoms with Crippen molar-refractivity contribution in [3.8, 4) is 17.2 Å². The minimum Gasteiger partial charge on any atom is -0.507 e. The van der Waals surface area contributed by atoms with E-state index in [1.165, 1.54) is 27.4 Å². The van der Waals surface area contributed by atoms with Gasteiger partial charge in [0.25, 0.3) is 0 Å².